The third kappa shape index (κ3) is 4.59. The standard InChI is InChI=1S/C15H30N2/c1-13-6-9-17(10-7-13)11-8-16-14(2)12-15-4-3-5-15/h13-16H,3-12H2,1-2H3. The highest BCUT2D eigenvalue weighted by molar-refractivity contribution is 4.76. The van der Waals surface area contributed by atoms with Crippen molar-refractivity contribution in [3.63, 3.8) is 0 Å². The maximum Gasteiger partial charge on any atom is 0.0107 e. The Labute approximate surface area is 107 Å². The van der Waals surface area contributed by atoms with Crippen molar-refractivity contribution >= 4 is 0 Å². The molecule has 100 valence electrons. The molecule has 0 aromatic rings. The van der Waals surface area contributed by atoms with Crippen LogP contribution in [0.5, 0.6) is 0 Å². The number of piperidine rings is 1. The van der Waals surface area contributed by atoms with Crippen LogP contribution in [0.1, 0.15) is 52.4 Å². The first-order valence-electron chi connectivity index (χ1n) is 7.70. The Morgan fingerprint density at radius 2 is 1.88 bits per heavy atom. The van der Waals surface area contributed by atoms with Gasteiger partial charge in [0.15, 0.2) is 0 Å². The maximum absolute atomic E-state index is 3.70. The van der Waals surface area contributed by atoms with E-state index in [0.717, 1.165) is 17.9 Å². The first-order chi connectivity index (χ1) is 8.24. The Kier molecular flexibility index (Phi) is 5.30. The van der Waals surface area contributed by atoms with Gasteiger partial charge >= 0.3 is 0 Å². The van der Waals surface area contributed by atoms with E-state index in [9.17, 15) is 0 Å². The van der Waals surface area contributed by atoms with Crippen LogP contribution < -0.4 is 5.32 Å². The lowest BCUT2D eigenvalue weighted by Gasteiger charge is -2.31. The Balaban J connectivity index is 1.50. The summed E-state index contributed by atoms with van der Waals surface area (Å²) in [5.41, 5.74) is 0. The third-order valence-corrected chi connectivity index (χ3v) is 4.71. The van der Waals surface area contributed by atoms with E-state index in [2.05, 4.69) is 24.1 Å². The first-order valence-corrected chi connectivity index (χ1v) is 7.70. The van der Waals surface area contributed by atoms with Gasteiger partial charge in [0.2, 0.25) is 0 Å². The molecule has 2 fully saturated rings. The van der Waals surface area contributed by atoms with Crippen molar-refractivity contribution in [3.8, 4) is 0 Å². The fourth-order valence-corrected chi connectivity index (χ4v) is 3.07. The lowest BCUT2D eigenvalue weighted by Crippen LogP contribution is -2.40. The minimum atomic E-state index is 0.726. The summed E-state index contributed by atoms with van der Waals surface area (Å²) in [6, 6.07) is 0.726. The molecule has 1 saturated carbocycles. The minimum absolute atomic E-state index is 0.726. The molecule has 2 nitrogen and oxygen atoms in total. The number of likely N-dealkylation sites (tertiary alicyclic amines) is 1. The second kappa shape index (κ2) is 6.75. The van der Waals surface area contributed by atoms with Gasteiger partial charge in [0.05, 0.1) is 0 Å². The first kappa shape index (κ1) is 13.4. The highest BCUT2D eigenvalue weighted by atomic mass is 15.1. The zero-order valence-corrected chi connectivity index (χ0v) is 11.8. The van der Waals surface area contributed by atoms with Gasteiger partial charge in [-0.1, -0.05) is 26.2 Å². The summed E-state index contributed by atoms with van der Waals surface area (Å²) in [6.07, 6.45) is 8.64. The lowest BCUT2D eigenvalue weighted by molar-refractivity contribution is 0.188. The Morgan fingerprint density at radius 3 is 2.47 bits per heavy atom. The number of nitrogens with zero attached hydrogens (tertiary/aromatic N) is 1. The molecule has 0 aromatic carbocycles. The molecule has 17 heavy (non-hydrogen) atoms. The van der Waals surface area contributed by atoms with E-state index >= 15 is 0 Å². The topological polar surface area (TPSA) is 15.3 Å². The molecule has 1 atom stereocenters. The van der Waals surface area contributed by atoms with Crippen LogP contribution in [-0.2, 0) is 0 Å². The van der Waals surface area contributed by atoms with Gasteiger partial charge in [-0.3, -0.25) is 0 Å². The van der Waals surface area contributed by atoms with E-state index in [1.165, 1.54) is 64.7 Å². The van der Waals surface area contributed by atoms with Crippen molar-refractivity contribution in [2.75, 3.05) is 26.2 Å². The number of nitrogens with one attached hydrogen (secondary N) is 1. The fraction of sp³-hybridized carbons (Fsp3) is 1.00. The van der Waals surface area contributed by atoms with Crippen LogP contribution in [0.3, 0.4) is 0 Å². The zero-order chi connectivity index (χ0) is 12.1. The van der Waals surface area contributed by atoms with E-state index in [-0.39, 0.29) is 0 Å². The Hall–Kier alpha value is -0.0800. The second-order valence-electron chi connectivity index (χ2n) is 6.41. The van der Waals surface area contributed by atoms with Crippen molar-refractivity contribution in [3.05, 3.63) is 0 Å². The highest BCUT2D eigenvalue weighted by Gasteiger charge is 2.20. The van der Waals surface area contributed by atoms with Gasteiger partial charge in [0.1, 0.15) is 0 Å². The molecule has 0 amide bonds. The fourth-order valence-electron chi connectivity index (χ4n) is 3.07. The molecule has 1 saturated heterocycles. The van der Waals surface area contributed by atoms with Crippen LogP contribution in [0.15, 0.2) is 0 Å². The molecular formula is C15H30N2. The normalized spacial score (nSPS) is 25.8. The summed E-state index contributed by atoms with van der Waals surface area (Å²) in [4.78, 5) is 2.63. The molecule has 2 aliphatic rings. The summed E-state index contributed by atoms with van der Waals surface area (Å²) >= 11 is 0. The predicted octanol–water partition coefficient (Wildman–Crippen LogP) is 2.89. The van der Waals surface area contributed by atoms with E-state index in [4.69, 9.17) is 0 Å². The second-order valence-corrected chi connectivity index (χ2v) is 6.41. The molecule has 0 spiro atoms. The van der Waals surface area contributed by atoms with Crippen molar-refractivity contribution < 1.29 is 0 Å². The van der Waals surface area contributed by atoms with Gasteiger partial charge in [-0.2, -0.15) is 0 Å². The van der Waals surface area contributed by atoms with Crippen LogP contribution in [0.4, 0.5) is 0 Å². The summed E-state index contributed by atoms with van der Waals surface area (Å²) in [5, 5.41) is 3.70. The molecule has 2 heteroatoms. The van der Waals surface area contributed by atoms with Crippen LogP contribution in [-0.4, -0.2) is 37.1 Å². The lowest BCUT2D eigenvalue weighted by atomic mass is 9.81. The molecule has 1 aliphatic carbocycles. The van der Waals surface area contributed by atoms with Gasteiger partial charge in [-0.15, -0.1) is 0 Å². The van der Waals surface area contributed by atoms with Gasteiger partial charge in [-0.05, 0) is 51.1 Å². The molecular weight excluding hydrogens is 208 g/mol. The largest absolute Gasteiger partial charge is 0.313 e. The molecule has 1 heterocycles. The van der Waals surface area contributed by atoms with Crippen LogP contribution in [0.2, 0.25) is 0 Å². The van der Waals surface area contributed by atoms with Crippen molar-refractivity contribution in [1.82, 2.24) is 10.2 Å². The summed E-state index contributed by atoms with van der Waals surface area (Å²) in [5.74, 6) is 1.99. The molecule has 1 N–H and O–H groups in total. The number of hydrogen-bond donors (Lipinski definition) is 1. The zero-order valence-electron chi connectivity index (χ0n) is 11.8. The van der Waals surface area contributed by atoms with Gasteiger partial charge in [-0.25, -0.2) is 0 Å². The van der Waals surface area contributed by atoms with Crippen LogP contribution in [0.25, 0.3) is 0 Å². The SMILES string of the molecule is CC1CCN(CCNC(C)CC2CCC2)CC1. The molecule has 1 aliphatic heterocycles. The Morgan fingerprint density at radius 1 is 1.18 bits per heavy atom. The number of rotatable bonds is 6. The average Bonchev–Trinajstić information content (AvgIpc) is 2.26. The van der Waals surface area contributed by atoms with Crippen LogP contribution >= 0.6 is 0 Å². The van der Waals surface area contributed by atoms with Crippen molar-refractivity contribution in [2.45, 2.75) is 58.4 Å². The van der Waals surface area contributed by atoms with E-state index in [1.54, 1.807) is 0 Å². The molecule has 0 radical (unpaired) electrons. The quantitative estimate of drug-likeness (QED) is 0.765. The molecule has 2 rings (SSSR count). The monoisotopic (exact) mass is 238 g/mol. The van der Waals surface area contributed by atoms with Gasteiger partial charge in [0, 0.05) is 19.1 Å². The van der Waals surface area contributed by atoms with E-state index in [1.807, 2.05) is 0 Å². The summed E-state index contributed by atoms with van der Waals surface area (Å²) in [6.45, 7) is 9.82. The van der Waals surface area contributed by atoms with E-state index in [0.29, 0.717) is 0 Å². The Bertz CT molecular complexity index is 205. The van der Waals surface area contributed by atoms with Gasteiger partial charge < -0.3 is 10.2 Å². The third-order valence-electron chi connectivity index (χ3n) is 4.71. The van der Waals surface area contributed by atoms with Crippen molar-refractivity contribution in [2.24, 2.45) is 11.8 Å². The summed E-state index contributed by atoms with van der Waals surface area (Å²) < 4.78 is 0. The smallest absolute Gasteiger partial charge is 0.0107 e. The predicted molar refractivity (Wildman–Crippen MR) is 74.3 cm³/mol. The summed E-state index contributed by atoms with van der Waals surface area (Å²) in [7, 11) is 0. The molecule has 0 bridgehead atoms. The maximum atomic E-state index is 3.70. The number of hydrogen-bond acceptors (Lipinski definition) is 2. The molecule has 0 aromatic heterocycles. The van der Waals surface area contributed by atoms with Crippen molar-refractivity contribution in [1.29, 1.82) is 0 Å². The highest BCUT2D eigenvalue weighted by Crippen LogP contribution is 2.30. The average molecular weight is 238 g/mol. The van der Waals surface area contributed by atoms with Crippen LogP contribution in [0, 0.1) is 11.8 Å². The van der Waals surface area contributed by atoms with Gasteiger partial charge in [0.25, 0.3) is 0 Å². The van der Waals surface area contributed by atoms with E-state index < -0.39 is 0 Å². The molecule has 1 unspecified atom stereocenters. The minimum Gasteiger partial charge on any atom is -0.313 e.